The Labute approximate surface area is 169 Å². The van der Waals surface area contributed by atoms with Crippen molar-refractivity contribution in [3.8, 4) is 11.5 Å². The molecule has 0 unspecified atom stereocenters. The number of rotatable bonds is 3. The molecule has 1 aromatic carbocycles. The first-order valence-electron chi connectivity index (χ1n) is 7.87. The number of ether oxygens (including phenoxy) is 2. The summed E-state index contributed by atoms with van der Waals surface area (Å²) in [4.78, 5) is 0. The second kappa shape index (κ2) is 6.30. The maximum absolute atomic E-state index is 15.2. The molecular weight excluding hydrogens is 492 g/mol. The molecule has 0 amide bonds. The van der Waals surface area contributed by atoms with E-state index in [0.717, 1.165) is 8.96 Å². The molecule has 4 rings (SSSR count). The highest BCUT2D eigenvalue weighted by Gasteiger charge is 2.54. The molecule has 0 atom stereocenters. The second-order valence-electron chi connectivity index (χ2n) is 5.98. The lowest BCUT2D eigenvalue weighted by molar-refractivity contribution is -0.358. The molecule has 27 heavy (non-hydrogen) atoms. The highest BCUT2D eigenvalue weighted by atomic mass is 79.9. The molecule has 0 aliphatic carbocycles. The lowest BCUT2D eigenvalue weighted by Gasteiger charge is -2.32. The van der Waals surface area contributed by atoms with Crippen molar-refractivity contribution in [2.24, 2.45) is 0 Å². The van der Waals surface area contributed by atoms with Crippen LogP contribution in [0.1, 0.15) is 11.3 Å². The van der Waals surface area contributed by atoms with E-state index in [2.05, 4.69) is 31.9 Å². The number of hydrogen-bond acceptors (Lipinski definition) is 2. The largest absolute Gasteiger partial charge is 0.738 e. The van der Waals surface area contributed by atoms with Gasteiger partial charge in [0.15, 0.2) is 23.0 Å². The summed E-state index contributed by atoms with van der Waals surface area (Å²) in [7, 11) is 2.73. The van der Waals surface area contributed by atoms with Crippen LogP contribution in [-0.4, -0.2) is 34.8 Å². The van der Waals surface area contributed by atoms with Crippen LogP contribution < -0.4 is 9.47 Å². The Hall–Kier alpha value is -1.94. The number of nitrogens with zero attached hydrogens (tertiary/aromatic N) is 2. The average molecular weight is 504 g/mol. The first-order valence-corrected chi connectivity index (χ1v) is 9.45. The normalized spacial score (nSPS) is 17.3. The van der Waals surface area contributed by atoms with Crippen molar-refractivity contribution in [3.05, 3.63) is 63.8 Å². The highest BCUT2D eigenvalue weighted by molar-refractivity contribution is 9.18. The average Bonchev–Trinajstić information content (AvgIpc) is 3.19. The molecule has 3 heterocycles. The number of methoxy groups -OCH3 is 2. The van der Waals surface area contributed by atoms with Gasteiger partial charge in [-0.15, -0.1) is 0 Å². The maximum Gasteiger partial charge on any atom is 0.738 e. The maximum atomic E-state index is 15.2. The van der Waals surface area contributed by atoms with E-state index in [4.69, 9.17) is 9.47 Å². The Kier molecular flexibility index (Phi) is 4.30. The Bertz CT molecular complexity index is 1080. The van der Waals surface area contributed by atoms with E-state index in [1.54, 1.807) is 30.4 Å². The summed E-state index contributed by atoms with van der Waals surface area (Å²) in [5, 5.41) is 0. The summed E-state index contributed by atoms with van der Waals surface area (Å²) in [6.07, 6.45) is 3.12. The van der Waals surface area contributed by atoms with Crippen molar-refractivity contribution in [3.63, 3.8) is 0 Å². The first kappa shape index (κ1) is 18.4. The number of allylic oxidation sites excluding steroid dienone is 2. The summed E-state index contributed by atoms with van der Waals surface area (Å²) < 4.78 is 57.5. The van der Waals surface area contributed by atoms with Crippen molar-refractivity contribution >= 4 is 49.0 Å². The molecule has 0 bridgehead atoms. The van der Waals surface area contributed by atoms with E-state index in [-0.39, 0.29) is 32.1 Å². The molecule has 0 spiro atoms. The van der Waals surface area contributed by atoms with Gasteiger partial charge in [-0.3, -0.25) is 0 Å². The van der Waals surface area contributed by atoms with Crippen LogP contribution in [-0.2, 0) is 0 Å². The van der Waals surface area contributed by atoms with Crippen molar-refractivity contribution in [2.45, 2.75) is 0 Å². The van der Waals surface area contributed by atoms with E-state index in [1.807, 2.05) is 0 Å². The van der Waals surface area contributed by atoms with Crippen LogP contribution in [0.4, 0.5) is 13.0 Å². The summed E-state index contributed by atoms with van der Waals surface area (Å²) in [5.74, 6) is -0.506. The van der Waals surface area contributed by atoms with Crippen molar-refractivity contribution in [2.75, 3.05) is 14.2 Å². The minimum Gasteiger partial charge on any atom is -0.493 e. The number of hydrogen-bond donors (Lipinski definition) is 0. The third kappa shape index (κ3) is 2.53. The fourth-order valence-electron chi connectivity index (χ4n) is 3.49. The van der Waals surface area contributed by atoms with Gasteiger partial charge in [-0.25, -0.2) is 4.39 Å². The van der Waals surface area contributed by atoms with Gasteiger partial charge in [0.2, 0.25) is 4.62 Å². The molecule has 2 aromatic rings. The van der Waals surface area contributed by atoms with Gasteiger partial charge in [0.1, 0.15) is 0 Å². The fraction of sp³-hybridized carbons (Fsp3) is 0.118. The smallest absolute Gasteiger partial charge is 0.493 e. The molecule has 1 aromatic heterocycles. The Balaban J connectivity index is 2.07. The molecular formula is C17H12BBr2F3N2O2. The van der Waals surface area contributed by atoms with Gasteiger partial charge in [-0.05, 0) is 45.8 Å². The van der Waals surface area contributed by atoms with E-state index < -0.39 is 12.8 Å². The van der Waals surface area contributed by atoms with Gasteiger partial charge >= 0.3 is 6.97 Å². The zero-order valence-electron chi connectivity index (χ0n) is 14.1. The Morgan fingerprint density at radius 2 is 1.81 bits per heavy atom. The summed E-state index contributed by atoms with van der Waals surface area (Å²) in [5.41, 5.74) is 1.40. The second-order valence-corrected chi connectivity index (χ2v) is 7.60. The Morgan fingerprint density at radius 1 is 1.07 bits per heavy atom. The van der Waals surface area contributed by atoms with Crippen molar-refractivity contribution in [1.29, 1.82) is 0 Å². The highest BCUT2D eigenvalue weighted by Crippen LogP contribution is 2.44. The topological polar surface area (TPSA) is 26.4 Å². The molecule has 10 heteroatoms. The van der Waals surface area contributed by atoms with Gasteiger partial charge in [-0.2, -0.15) is 0 Å². The van der Waals surface area contributed by atoms with Crippen LogP contribution >= 0.6 is 31.9 Å². The zero-order chi connectivity index (χ0) is 19.5. The predicted molar refractivity (Wildman–Crippen MR) is 104 cm³/mol. The zero-order valence-corrected chi connectivity index (χ0v) is 17.3. The quantitative estimate of drug-likeness (QED) is 0.564. The summed E-state index contributed by atoms with van der Waals surface area (Å²) >= 11 is 6.39. The summed E-state index contributed by atoms with van der Waals surface area (Å²) in [6.45, 7) is -4.13. The number of halogens is 5. The monoisotopic (exact) mass is 502 g/mol. The minimum atomic E-state index is -4.13. The van der Waals surface area contributed by atoms with Crippen molar-refractivity contribution in [1.82, 2.24) is 4.48 Å². The number of fused-ring (bicyclic) bond motifs is 2. The molecule has 4 nitrogen and oxygen atoms in total. The minimum absolute atomic E-state index is 0.0414. The molecule has 0 saturated carbocycles. The predicted octanol–water partition coefficient (Wildman–Crippen LogP) is 4.78. The Morgan fingerprint density at radius 3 is 2.48 bits per heavy atom. The van der Waals surface area contributed by atoms with E-state index in [0.29, 0.717) is 11.1 Å². The van der Waals surface area contributed by atoms with Crippen molar-refractivity contribution < 1.29 is 27.0 Å². The van der Waals surface area contributed by atoms with E-state index in [9.17, 15) is 4.39 Å². The van der Waals surface area contributed by atoms with Crippen LogP contribution in [0.2, 0.25) is 0 Å². The molecule has 2 aliphatic rings. The van der Waals surface area contributed by atoms with Crippen LogP contribution in [0.25, 0.3) is 5.57 Å². The molecule has 140 valence electrons. The number of benzene rings is 1. The van der Waals surface area contributed by atoms with Gasteiger partial charge in [0.25, 0.3) is 0 Å². The van der Waals surface area contributed by atoms with Crippen LogP contribution in [0.3, 0.4) is 0 Å². The van der Waals surface area contributed by atoms with Gasteiger partial charge < -0.3 is 27.1 Å². The van der Waals surface area contributed by atoms with E-state index in [1.165, 1.54) is 20.3 Å². The molecule has 0 saturated heterocycles. The number of aromatic nitrogens is 1. The lowest BCUT2D eigenvalue weighted by atomic mass is 9.86. The third-order valence-corrected chi connectivity index (χ3v) is 5.89. The van der Waals surface area contributed by atoms with Gasteiger partial charge in [0, 0.05) is 33.8 Å². The molecule has 0 radical (unpaired) electrons. The van der Waals surface area contributed by atoms with Gasteiger partial charge in [-0.1, -0.05) is 0 Å². The first-order chi connectivity index (χ1) is 12.8. The SMILES string of the molecule is COc1cc(C2=C3C=CC(Br)=[N+]3[B-](F)(F)n3c(Br)ccc32)cc(F)c1OC. The fourth-order valence-corrected chi connectivity index (χ4v) is 4.63. The standard InChI is InChI=1S/C17H12BBr2F3N2O2/c1-26-13-8-9(7-10(21)17(13)27-2)16-11-3-5-14(19)24(11)18(22,23)25-12(16)4-6-15(25)20/h3-8H,1-2H3. The van der Waals surface area contributed by atoms with Gasteiger partial charge in [0.05, 0.1) is 24.4 Å². The lowest BCUT2D eigenvalue weighted by Crippen LogP contribution is -2.50. The van der Waals surface area contributed by atoms with Crippen LogP contribution in [0.5, 0.6) is 11.5 Å². The molecule has 0 fully saturated rings. The molecule has 2 aliphatic heterocycles. The van der Waals surface area contributed by atoms with Crippen LogP contribution in [0.15, 0.2) is 46.7 Å². The van der Waals surface area contributed by atoms with E-state index >= 15 is 8.63 Å². The summed E-state index contributed by atoms with van der Waals surface area (Å²) in [6, 6.07) is 5.95. The van der Waals surface area contributed by atoms with Crippen LogP contribution in [0, 0.1) is 5.82 Å². The third-order valence-electron chi connectivity index (χ3n) is 4.59. The molecule has 0 N–H and O–H groups in total.